The van der Waals surface area contributed by atoms with Crippen molar-refractivity contribution in [1.82, 2.24) is 14.5 Å². The standard InChI is InChI=1S/C20H18F3N3O4S/c21-20(22,23)16-5-4-8-18(11-16)31(28,29)25-10-9-19(27)30-14-15-12-24-26(13-15)17-6-2-1-3-7-17/h1-8,11-13,25H,9-10,14H2. The number of alkyl halides is 3. The van der Waals surface area contributed by atoms with Crippen molar-refractivity contribution in [1.29, 1.82) is 0 Å². The zero-order valence-corrected chi connectivity index (χ0v) is 16.9. The molecular weight excluding hydrogens is 435 g/mol. The lowest BCUT2D eigenvalue weighted by atomic mass is 10.2. The van der Waals surface area contributed by atoms with Gasteiger partial charge < -0.3 is 4.74 Å². The molecule has 1 heterocycles. The Morgan fingerprint density at radius 3 is 2.55 bits per heavy atom. The van der Waals surface area contributed by atoms with Crippen molar-refractivity contribution in [3.05, 3.63) is 78.1 Å². The normalized spacial score (nSPS) is 12.0. The van der Waals surface area contributed by atoms with E-state index in [4.69, 9.17) is 4.74 Å². The van der Waals surface area contributed by atoms with Gasteiger partial charge in [0.15, 0.2) is 0 Å². The van der Waals surface area contributed by atoms with Crippen LogP contribution in [0.25, 0.3) is 5.69 Å². The van der Waals surface area contributed by atoms with E-state index in [0.29, 0.717) is 11.6 Å². The Balaban J connectivity index is 1.49. The van der Waals surface area contributed by atoms with Gasteiger partial charge in [-0.1, -0.05) is 24.3 Å². The maximum atomic E-state index is 12.8. The summed E-state index contributed by atoms with van der Waals surface area (Å²) in [7, 11) is -4.20. The van der Waals surface area contributed by atoms with Crippen LogP contribution in [-0.2, 0) is 32.3 Å². The molecule has 31 heavy (non-hydrogen) atoms. The lowest BCUT2D eigenvalue weighted by Crippen LogP contribution is -2.27. The van der Waals surface area contributed by atoms with Gasteiger partial charge in [0.05, 0.1) is 28.8 Å². The third kappa shape index (κ3) is 6.15. The molecule has 0 spiro atoms. The van der Waals surface area contributed by atoms with Crippen molar-refractivity contribution in [2.24, 2.45) is 0 Å². The highest BCUT2D eigenvalue weighted by Crippen LogP contribution is 2.30. The van der Waals surface area contributed by atoms with E-state index in [1.807, 2.05) is 30.3 Å². The topological polar surface area (TPSA) is 90.3 Å². The summed E-state index contributed by atoms with van der Waals surface area (Å²) >= 11 is 0. The first-order chi connectivity index (χ1) is 14.6. The zero-order valence-electron chi connectivity index (χ0n) is 16.0. The summed E-state index contributed by atoms with van der Waals surface area (Å²) in [6, 6.07) is 12.7. The molecule has 0 bridgehead atoms. The van der Waals surface area contributed by atoms with Gasteiger partial charge in [-0.2, -0.15) is 18.3 Å². The SMILES string of the molecule is O=C(CCNS(=O)(=O)c1cccc(C(F)(F)F)c1)OCc1cnn(-c2ccccc2)c1. The van der Waals surface area contributed by atoms with E-state index < -0.39 is 32.6 Å². The molecule has 0 radical (unpaired) electrons. The van der Waals surface area contributed by atoms with Gasteiger partial charge in [0.2, 0.25) is 10.0 Å². The molecule has 0 aliphatic rings. The predicted molar refractivity (Wildman–Crippen MR) is 105 cm³/mol. The molecule has 7 nitrogen and oxygen atoms in total. The molecule has 0 saturated heterocycles. The Hall–Kier alpha value is -3.18. The third-order valence-electron chi connectivity index (χ3n) is 4.15. The van der Waals surface area contributed by atoms with Crippen molar-refractivity contribution in [2.75, 3.05) is 6.54 Å². The molecule has 1 N–H and O–H groups in total. The highest BCUT2D eigenvalue weighted by atomic mass is 32.2. The molecule has 0 unspecified atom stereocenters. The molecular formula is C20H18F3N3O4S. The van der Waals surface area contributed by atoms with Crippen LogP contribution < -0.4 is 4.72 Å². The second kappa shape index (κ2) is 9.31. The van der Waals surface area contributed by atoms with Gasteiger partial charge in [0.25, 0.3) is 0 Å². The molecule has 0 fully saturated rings. The second-order valence-corrected chi connectivity index (χ2v) is 8.23. The minimum Gasteiger partial charge on any atom is -0.461 e. The van der Waals surface area contributed by atoms with Crippen LogP contribution >= 0.6 is 0 Å². The van der Waals surface area contributed by atoms with E-state index in [9.17, 15) is 26.4 Å². The van der Waals surface area contributed by atoms with E-state index >= 15 is 0 Å². The molecule has 0 amide bonds. The quantitative estimate of drug-likeness (QED) is 0.529. The van der Waals surface area contributed by atoms with Crippen LogP contribution in [0.3, 0.4) is 0 Å². The van der Waals surface area contributed by atoms with E-state index in [-0.39, 0.29) is 19.6 Å². The van der Waals surface area contributed by atoms with Crippen LogP contribution in [0.1, 0.15) is 17.5 Å². The number of hydrogen-bond acceptors (Lipinski definition) is 5. The molecule has 0 aliphatic heterocycles. The molecule has 164 valence electrons. The molecule has 1 aromatic heterocycles. The largest absolute Gasteiger partial charge is 0.461 e. The number of hydrogen-bond donors (Lipinski definition) is 1. The predicted octanol–water partition coefficient (Wildman–Crippen LogP) is 3.30. The van der Waals surface area contributed by atoms with E-state index in [1.165, 1.54) is 6.20 Å². The molecule has 0 saturated carbocycles. The van der Waals surface area contributed by atoms with Crippen molar-refractivity contribution >= 4 is 16.0 Å². The third-order valence-corrected chi connectivity index (χ3v) is 5.61. The van der Waals surface area contributed by atoms with Crippen LogP contribution in [0.5, 0.6) is 0 Å². The van der Waals surface area contributed by atoms with E-state index in [2.05, 4.69) is 9.82 Å². The van der Waals surface area contributed by atoms with Gasteiger partial charge in [-0.25, -0.2) is 17.8 Å². The lowest BCUT2D eigenvalue weighted by Gasteiger charge is -2.10. The Morgan fingerprint density at radius 2 is 1.84 bits per heavy atom. The lowest BCUT2D eigenvalue weighted by molar-refractivity contribution is -0.144. The van der Waals surface area contributed by atoms with E-state index in [1.54, 1.807) is 10.9 Å². The number of sulfonamides is 1. The first kappa shape index (κ1) is 22.5. The van der Waals surface area contributed by atoms with E-state index in [0.717, 1.165) is 23.9 Å². The minimum atomic E-state index is -4.66. The van der Waals surface area contributed by atoms with Crippen LogP contribution in [0.15, 0.2) is 71.9 Å². The Labute approximate surface area is 176 Å². The average Bonchev–Trinajstić information content (AvgIpc) is 3.21. The van der Waals surface area contributed by atoms with Crippen molar-refractivity contribution < 1.29 is 31.1 Å². The van der Waals surface area contributed by atoms with Crippen molar-refractivity contribution in [3.63, 3.8) is 0 Å². The summed E-state index contributed by atoms with van der Waals surface area (Å²) in [4.78, 5) is 11.3. The number of halogens is 3. The molecule has 3 rings (SSSR count). The molecule has 2 aromatic carbocycles. The Bertz CT molecular complexity index is 1150. The molecule has 11 heteroatoms. The number of nitrogens with zero attached hydrogens (tertiary/aromatic N) is 2. The van der Waals surface area contributed by atoms with Gasteiger partial charge in [0.1, 0.15) is 6.61 Å². The smallest absolute Gasteiger partial charge is 0.416 e. The number of para-hydroxylation sites is 1. The van der Waals surface area contributed by atoms with Crippen LogP contribution in [0.2, 0.25) is 0 Å². The average molecular weight is 453 g/mol. The number of carbonyl (C=O) groups is 1. The monoisotopic (exact) mass is 453 g/mol. The fourth-order valence-electron chi connectivity index (χ4n) is 2.60. The van der Waals surface area contributed by atoms with Crippen LogP contribution in [-0.4, -0.2) is 30.7 Å². The second-order valence-electron chi connectivity index (χ2n) is 6.46. The number of carbonyl (C=O) groups excluding carboxylic acids is 1. The molecule has 0 aliphatic carbocycles. The van der Waals surface area contributed by atoms with Gasteiger partial charge in [0, 0.05) is 18.3 Å². The molecule has 0 atom stereocenters. The minimum absolute atomic E-state index is 0.0496. The fraction of sp³-hybridized carbons (Fsp3) is 0.200. The Morgan fingerprint density at radius 1 is 1.10 bits per heavy atom. The van der Waals surface area contributed by atoms with Gasteiger partial charge in [-0.3, -0.25) is 4.79 Å². The first-order valence-corrected chi connectivity index (χ1v) is 10.5. The number of ether oxygens (including phenoxy) is 1. The van der Waals surface area contributed by atoms with Gasteiger partial charge in [-0.15, -0.1) is 0 Å². The fourth-order valence-corrected chi connectivity index (χ4v) is 3.68. The first-order valence-electron chi connectivity index (χ1n) is 9.07. The van der Waals surface area contributed by atoms with Gasteiger partial charge >= 0.3 is 12.1 Å². The summed E-state index contributed by atoms with van der Waals surface area (Å²) in [6.07, 6.45) is -1.72. The van der Waals surface area contributed by atoms with Crippen LogP contribution in [0.4, 0.5) is 13.2 Å². The Kier molecular flexibility index (Phi) is 6.76. The number of esters is 1. The number of nitrogens with one attached hydrogen (secondary N) is 1. The van der Waals surface area contributed by atoms with Crippen molar-refractivity contribution in [3.8, 4) is 5.69 Å². The molecule has 3 aromatic rings. The highest BCUT2D eigenvalue weighted by molar-refractivity contribution is 7.89. The number of rotatable bonds is 8. The van der Waals surface area contributed by atoms with Crippen LogP contribution in [0, 0.1) is 0 Å². The summed E-state index contributed by atoms with van der Waals surface area (Å²) in [6.45, 7) is -0.368. The summed E-state index contributed by atoms with van der Waals surface area (Å²) < 4.78 is 71.4. The summed E-state index contributed by atoms with van der Waals surface area (Å²) in [5.74, 6) is -0.667. The summed E-state index contributed by atoms with van der Waals surface area (Å²) in [5, 5.41) is 4.17. The maximum Gasteiger partial charge on any atom is 0.416 e. The maximum absolute atomic E-state index is 12.8. The number of aromatic nitrogens is 2. The van der Waals surface area contributed by atoms with Gasteiger partial charge in [-0.05, 0) is 30.3 Å². The van der Waals surface area contributed by atoms with Crippen molar-refractivity contribution in [2.45, 2.75) is 24.1 Å². The zero-order chi connectivity index (χ0) is 22.5. The summed E-state index contributed by atoms with van der Waals surface area (Å²) in [5.41, 5.74) is 0.400. The highest BCUT2D eigenvalue weighted by Gasteiger charge is 2.31. The number of benzene rings is 2.